The van der Waals surface area contributed by atoms with Gasteiger partial charge in [0, 0.05) is 12.7 Å². The number of nitrogens with one attached hydrogen (secondary N) is 1. The Kier molecular flexibility index (Phi) is 8.50. The molecule has 0 spiro atoms. The van der Waals surface area contributed by atoms with Crippen LogP contribution in [0.2, 0.25) is 0 Å². The molecule has 0 saturated carbocycles. The summed E-state index contributed by atoms with van der Waals surface area (Å²) in [6.45, 7) is 5.39. The van der Waals surface area contributed by atoms with Crippen molar-refractivity contribution in [1.82, 2.24) is 15.2 Å². The zero-order chi connectivity index (χ0) is 13.9. The van der Waals surface area contributed by atoms with Crippen molar-refractivity contribution in [2.45, 2.75) is 77.8 Å². The van der Waals surface area contributed by atoms with E-state index in [2.05, 4.69) is 35.1 Å². The molecule has 0 aliphatic heterocycles. The SMILES string of the molecule is CCCCCCCCC(NN)c1ccnn1CCC. The minimum Gasteiger partial charge on any atom is -0.271 e. The topological polar surface area (TPSA) is 55.9 Å². The van der Waals surface area contributed by atoms with Gasteiger partial charge in [-0.15, -0.1) is 0 Å². The predicted molar refractivity (Wildman–Crippen MR) is 80.6 cm³/mol. The van der Waals surface area contributed by atoms with Crippen LogP contribution in [0.15, 0.2) is 12.3 Å². The van der Waals surface area contributed by atoms with Crippen LogP contribution in [0.25, 0.3) is 0 Å². The molecule has 0 radical (unpaired) electrons. The lowest BCUT2D eigenvalue weighted by atomic mass is 10.0. The summed E-state index contributed by atoms with van der Waals surface area (Å²) >= 11 is 0. The fourth-order valence-corrected chi connectivity index (χ4v) is 2.48. The number of rotatable bonds is 11. The second-order valence-electron chi connectivity index (χ2n) is 5.25. The van der Waals surface area contributed by atoms with E-state index in [1.54, 1.807) is 0 Å². The second-order valence-corrected chi connectivity index (χ2v) is 5.25. The quantitative estimate of drug-likeness (QED) is 0.366. The Morgan fingerprint density at radius 2 is 1.89 bits per heavy atom. The number of hydrogen-bond acceptors (Lipinski definition) is 3. The van der Waals surface area contributed by atoms with Crippen LogP contribution in [0, 0.1) is 0 Å². The van der Waals surface area contributed by atoms with E-state index < -0.39 is 0 Å². The smallest absolute Gasteiger partial charge is 0.0629 e. The van der Waals surface area contributed by atoms with Crippen LogP contribution in [-0.2, 0) is 6.54 Å². The number of hydrogen-bond donors (Lipinski definition) is 2. The first-order chi connectivity index (χ1) is 9.33. The molecule has 1 unspecified atom stereocenters. The van der Waals surface area contributed by atoms with Gasteiger partial charge >= 0.3 is 0 Å². The van der Waals surface area contributed by atoms with Crippen LogP contribution < -0.4 is 11.3 Å². The third kappa shape index (κ3) is 5.74. The lowest BCUT2D eigenvalue weighted by Gasteiger charge is -2.17. The van der Waals surface area contributed by atoms with Crippen molar-refractivity contribution in [2.75, 3.05) is 0 Å². The third-order valence-corrected chi connectivity index (χ3v) is 3.59. The molecule has 110 valence electrons. The Hall–Kier alpha value is -0.870. The fraction of sp³-hybridized carbons (Fsp3) is 0.800. The fourth-order valence-electron chi connectivity index (χ4n) is 2.48. The molecule has 1 atom stereocenters. The third-order valence-electron chi connectivity index (χ3n) is 3.59. The Morgan fingerprint density at radius 1 is 1.16 bits per heavy atom. The maximum atomic E-state index is 5.70. The molecule has 0 saturated heterocycles. The van der Waals surface area contributed by atoms with Gasteiger partial charge in [-0.3, -0.25) is 16.0 Å². The number of unbranched alkanes of at least 4 members (excludes halogenated alkanes) is 5. The first-order valence-corrected chi connectivity index (χ1v) is 7.81. The highest BCUT2D eigenvalue weighted by molar-refractivity contribution is 5.06. The van der Waals surface area contributed by atoms with Crippen molar-refractivity contribution in [3.8, 4) is 0 Å². The molecule has 0 amide bonds. The molecular formula is C15H30N4. The highest BCUT2D eigenvalue weighted by Gasteiger charge is 2.13. The van der Waals surface area contributed by atoms with Crippen LogP contribution in [-0.4, -0.2) is 9.78 Å². The van der Waals surface area contributed by atoms with E-state index in [1.165, 1.54) is 44.2 Å². The van der Waals surface area contributed by atoms with Gasteiger partial charge < -0.3 is 0 Å². The van der Waals surface area contributed by atoms with Gasteiger partial charge in [-0.25, -0.2) is 0 Å². The standard InChI is InChI=1S/C15H30N4/c1-3-5-6-7-8-9-10-14(18-16)15-11-12-17-19(15)13-4-2/h11-12,14,18H,3-10,13,16H2,1-2H3. The molecule has 1 aromatic heterocycles. The summed E-state index contributed by atoms with van der Waals surface area (Å²) in [5, 5.41) is 4.36. The van der Waals surface area contributed by atoms with Gasteiger partial charge in [0.05, 0.1) is 11.7 Å². The summed E-state index contributed by atoms with van der Waals surface area (Å²) in [6.07, 6.45) is 12.0. The van der Waals surface area contributed by atoms with Crippen LogP contribution >= 0.6 is 0 Å². The molecule has 0 aliphatic carbocycles. The number of aromatic nitrogens is 2. The lowest BCUT2D eigenvalue weighted by Crippen LogP contribution is -2.30. The molecule has 0 aromatic carbocycles. The Balaban J connectivity index is 2.34. The largest absolute Gasteiger partial charge is 0.271 e. The number of nitrogens with two attached hydrogens (primary N) is 1. The summed E-state index contributed by atoms with van der Waals surface area (Å²) in [5.74, 6) is 5.70. The van der Waals surface area contributed by atoms with Gasteiger partial charge in [-0.1, -0.05) is 52.4 Å². The number of nitrogens with zero attached hydrogens (tertiary/aromatic N) is 2. The van der Waals surface area contributed by atoms with E-state index in [0.29, 0.717) is 0 Å². The molecule has 0 bridgehead atoms. The van der Waals surface area contributed by atoms with Crippen LogP contribution in [0.1, 0.15) is 76.9 Å². The molecule has 0 aliphatic rings. The van der Waals surface area contributed by atoms with Gasteiger partial charge in [0.25, 0.3) is 0 Å². The van der Waals surface area contributed by atoms with Gasteiger partial charge in [0.15, 0.2) is 0 Å². The van der Waals surface area contributed by atoms with Crippen molar-refractivity contribution in [2.24, 2.45) is 5.84 Å². The molecule has 0 fully saturated rings. The highest BCUT2D eigenvalue weighted by atomic mass is 15.3. The normalized spacial score (nSPS) is 12.8. The first-order valence-electron chi connectivity index (χ1n) is 7.81. The van der Waals surface area contributed by atoms with Crippen molar-refractivity contribution in [3.63, 3.8) is 0 Å². The molecule has 1 rings (SSSR count). The minimum absolute atomic E-state index is 0.236. The zero-order valence-electron chi connectivity index (χ0n) is 12.6. The average molecular weight is 266 g/mol. The molecular weight excluding hydrogens is 236 g/mol. The van der Waals surface area contributed by atoms with E-state index in [1.807, 2.05) is 6.20 Å². The first kappa shape index (κ1) is 16.2. The van der Waals surface area contributed by atoms with Crippen molar-refractivity contribution >= 4 is 0 Å². The number of aryl methyl sites for hydroxylation is 1. The Morgan fingerprint density at radius 3 is 2.58 bits per heavy atom. The Bertz CT molecular complexity index is 322. The Labute approximate surface area is 117 Å². The van der Waals surface area contributed by atoms with E-state index in [-0.39, 0.29) is 6.04 Å². The van der Waals surface area contributed by atoms with E-state index in [9.17, 15) is 0 Å². The lowest BCUT2D eigenvalue weighted by molar-refractivity contribution is 0.436. The van der Waals surface area contributed by atoms with Gasteiger partial charge in [-0.2, -0.15) is 5.10 Å². The summed E-state index contributed by atoms with van der Waals surface area (Å²) in [4.78, 5) is 0. The molecule has 1 heterocycles. The minimum atomic E-state index is 0.236. The van der Waals surface area contributed by atoms with Gasteiger partial charge in [-0.05, 0) is 18.9 Å². The van der Waals surface area contributed by atoms with E-state index in [4.69, 9.17) is 5.84 Å². The maximum Gasteiger partial charge on any atom is 0.0629 e. The summed E-state index contributed by atoms with van der Waals surface area (Å²) in [5.41, 5.74) is 4.16. The molecule has 1 aromatic rings. The molecule has 3 N–H and O–H groups in total. The summed E-state index contributed by atoms with van der Waals surface area (Å²) in [7, 11) is 0. The monoisotopic (exact) mass is 266 g/mol. The predicted octanol–water partition coefficient (Wildman–Crippen LogP) is 3.55. The number of hydrazine groups is 1. The van der Waals surface area contributed by atoms with Crippen LogP contribution in [0.4, 0.5) is 0 Å². The summed E-state index contributed by atoms with van der Waals surface area (Å²) in [6, 6.07) is 2.32. The summed E-state index contributed by atoms with van der Waals surface area (Å²) < 4.78 is 2.07. The van der Waals surface area contributed by atoms with Crippen molar-refractivity contribution in [1.29, 1.82) is 0 Å². The van der Waals surface area contributed by atoms with Crippen LogP contribution in [0.5, 0.6) is 0 Å². The molecule has 4 nitrogen and oxygen atoms in total. The van der Waals surface area contributed by atoms with Crippen molar-refractivity contribution in [3.05, 3.63) is 18.0 Å². The van der Waals surface area contributed by atoms with Gasteiger partial charge in [0.2, 0.25) is 0 Å². The van der Waals surface area contributed by atoms with E-state index in [0.717, 1.165) is 19.4 Å². The van der Waals surface area contributed by atoms with Crippen molar-refractivity contribution < 1.29 is 0 Å². The molecule has 4 heteroatoms. The average Bonchev–Trinajstić information content (AvgIpc) is 2.87. The molecule has 19 heavy (non-hydrogen) atoms. The maximum absolute atomic E-state index is 5.70. The highest BCUT2D eigenvalue weighted by Crippen LogP contribution is 2.19. The van der Waals surface area contributed by atoms with Crippen LogP contribution in [0.3, 0.4) is 0 Å². The zero-order valence-corrected chi connectivity index (χ0v) is 12.6. The van der Waals surface area contributed by atoms with E-state index >= 15 is 0 Å². The second kappa shape index (κ2) is 9.98. The van der Waals surface area contributed by atoms with Gasteiger partial charge in [0.1, 0.15) is 0 Å².